The van der Waals surface area contributed by atoms with Gasteiger partial charge in [-0.05, 0) is 30.3 Å². The number of rotatable bonds is 6. The van der Waals surface area contributed by atoms with Crippen molar-refractivity contribution in [3.05, 3.63) is 64.6 Å². The summed E-state index contributed by atoms with van der Waals surface area (Å²) >= 11 is 6.36. The third kappa shape index (κ3) is 5.18. The summed E-state index contributed by atoms with van der Waals surface area (Å²) < 4.78 is 34.8. The molecule has 0 spiro atoms. The van der Waals surface area contributed by atoms with Gasteiger partial charge in [0.15, 0.2) is 17.4 Å². The Hall–Kier alpha value is -4.03. The molecule has 38 heavy (non-hydrogen) atoms. The first-order valence-electron chi connectivity index (χ1n) is 11.6. The van der Waals surface area contributed by atoms with E-state index in [4.69, 9.17) is 22.1 Å². The first kappa shape index (κ1) is 27.0. The number of benzene rings is 2. The second-order valence-electron chi connectivity index (χ2n) is 8.50. The average Bonchev–Trinajstić information content (AvgIpc) is 3.30. The van der Waals surface area contributed by atoms with Gasteiger partial charge in [-0.1, -0.05) is 11.6 Å². The summed E-state index contributed by atoms with van der Waals surface area (Å²) in [5.41, 5.74) is 6.05. The Kier molecular flexibility index (Phi) is 7.93. The van der Waals surface area contributed by atoms with E-state index in [2.05, 4.69) is 10.3 Å². The van der Waals surface area contributed by atoms with Crippen molar-refractivity contribution in [2.75, 3.05) is 45.2 Å². The van der Waals surface area contributed by atoms with Crippen molar-refractivity contribution in [2.24, 2.45) is 12.8 Å². The molecule has 1 aliphatic heterocycles. The second kappa shape index (κ2) is 11.2. The van der Waals surface area contributed by atoms with Gasteiger partial charge in [-0.2, -0.15) is 4.39 Å². The van der Waals surface area contributed by atoms with Crippen LogP contribution in [0.15, 0.2) is 36.5 Å². The molecule has 2 aromatic carbocycles. The molecule has 13 heteroatoms. The average molecular weight is 547 g/mol. The monoisotopic (exact) mass is 546 g/mol. The number of amides is 3. The van der Waals surface area contributed by atoms with E-state index in [-0.39, 0.29) is 51.8 Å². The highest BCUT2D eigenvalue weighted by molar-refractivity contribution is 6.34. The number of hydrogen-bond acceptors (Lipinski definition) is 6. The summed E-state index contributed by atoms with van der Waals surface area (Å²) in [6.07, 6.45) is 1.26. The molecular formula is C25H25ClF2N6O4. The van der Waals surface area contributed by atoms with Crippen LogP contribution in [0.2, 0.25) is 5.02 Å². The van der Waals surface area contributed by atoms with Gasteiger partial charge in [0.2, 0.25) is 11.7 Å². The number of piperazine rings is 1. The number of ether oxygens (including phenoxy) is 1. The summed E-state index contributed by atoms with van der Waals surface area (Å²) in [6, 6.07) is 7.07. The molecule has 1 fully saturated rings. The number of nitrogens with zero attached hydrogens (tertiary/aromatic N) is 4. The number of carbonyl (C=O) groups excluding carboxylic acids is 3. The number of aromatic nitrogens is 2. The maximum Gasteiger partial charge on any atom is 0.291 e. The van der Waals surface area contributed by atoms with Gasteiger partial charge in [0, 0.05) is 44.5 Å². The summed E-state index contributed by atoms with van der Waals surface area (Å²) in [5.74, 6) is -3.66. The van der Waals surface area contributed by atoms with Crippen molar-refractivity contribution in [1.82, 2.24) is 19.4 Å². The zero-order valence-electron chi connectivity index (χ0n) is 20.6. The predicted octanol–water partition coefficient (Wildman–Crippen LogP) is 2.52. The number of anilines is 1. The number of nitrogens with one attached hydrogen (secondary N) is 1. The zero-order chi connectivity index (χ0) is 27.6. The quantitative estimate of drug-likeness (QED) is 0.490. The van der Waals surface area contributed by atoms with Gasteiger partial charge in [-0.25, -0.2) is 9.37 Å². The fraction of sp³-hybridized carbons (Fsp3) is 0.280. The number of methoxy groups -OCH3 is 1. The van der Waals surface area contributed by atoms with E-state index in [1.54, 1.807) is 9.80 Å². The number of nitrogens with two attached hydrogens (primary N) is 1. The summed E-state index contributed by atoms with van der Waals surface area (Å²) in [4.78, 5) is 44.8. The Morgan fingerprint density at radius 3 is 2.39 bits per heavy atom. The minimum Gasteiger partial charge on any atom is -0.494 e. The third-order valence-corrected chi connectivity index (χ3v) is 6.60. The zero-order valence-corrected chi connectivity index (χ0v) is 21.4. The molecule has 0 atom stereocenters. The molecule has 3 aromatic rings. The minimum atomic E-state index is -1.15. The van der Waals surface area contributed by atoms with E-state index in [1.807, 2.05) is 0 Å². The van der Waals surface area contributed by atoms with E-state index in [9.17, 15) is 23.2 Å². The molecule has 3 amide bonds. The first-order chi connectivity index (χ1) is 18.2. The lowest BCUT2D eigenvalue weighted by molar-refractivity contribution is -0.131. The van der Waals surface area contributed by atoms with E-state index in [0.29, 0.717) is 31.9 Å². The van der Waals surface area contributed by atoms with Crippen molar-refractivity contribution in [2.45, 2.75) is 0 Å². The standard InChI is InChI=1S/C25H25ClF2N6O4/c1-32-18(16-5-6-19(38-2)22(28)21(16)27)13-30-23(32)24(36)31-14-3-4-15(17(26)11-14)25(37)34-9-7-33(8-10-34)20(35)12-29/h3-6,11,13H,7-10,12,29H2,1-2H3,(H,31,36). The fourth-order valence-electron chi connectivity index (χ4n) is 4.17. The van der Waals surface area contributed by atoms with Crippen LogP contribution in [0.3, 0.4) is 0 Å². The van der Waals surface area contributed by atoms with Crippen molar-refractivity contribution in [3.63, 3.8) is 0 Å². The predicted molar refractivity (Wildman–Crippen MR) is 136 cm³/mol. The van der Waals surface area contributed by atoms with Crippen LogP contribution >= 0.6 is 11.6 Å². The SMILES string of the molecule is COc1ccc(-c2cnc(C(=O)Nc3ccc(C(=O)N4CCN(C(=O)CN)CC4)c(Cl)c3)n2C)c(F)c1F. The molecule has 1 aliphatic rings. The Morgan fingerprint density at radius 1 is 1.08 bits per heavy atom. The molecule has 1 saturated heterocycles. The summed E-state index contributed by atoms with van der Waals surface area (Å²) in [5, 5.41) is 2.77. The molecule has 4 rings (SSSR count). The van der Waals surface area contributed by atoms with E-state index < -0.39 is 17.5 Å². The smallest absolute Gasteiger partial charge is 0.291 e. The molecule has 0 radical (unpaired) electrons. The van der Waals surface area contributed by atoms with Crippen LogP contribution < -0.4 is 15.8 Å². The van der Waals surface area contributed by atoms with Gasteiger partial charge < -0.3 is 30.2 Å². The van der Waals surface area contributed by atoms with Gasteiger partial charge in [0.05, 0.1) is 36.1 Å². The largest absolute Gasteiger partial charge is 0.494 e. The fourth-order valence-corrected chi connectivity index (χ4v) is 4.43. The lowest BCUT2D eigenvalue weighted by Gasteiger charge is -2.34. The lowest BCUT2D eigenvalue weighted by atomic mass is 10.1. The highest BCUT2D eigenvalue weighted by atomic mass is 35.5. The number of imidazole rings is 1. The highest BCUT2D eigenvalue weighted by Crippen LogP contribution is 2.30. The molecule has 0 bridgehead atoms. The van der Waals surface area contributed by atoms with E-state index in [0.717, 1.165) is 0 Å². The molecule has 3 N–H and O–H groups in total. The van der Waals surface area contributed by atoms with Crippen LogP contribution in [0, 0.1) is 11.6 Å². The number of carbonyl (C=O) groups is 3. The van der Waals surface area contributed by atoms with Gasteiger partial charge in [-0.3, -0.25) is 14.4 Å². The topological polar surface area (TPSA) is 123 Å². The van der Waals surface area contributed by atoms with Crippen LogP contribution in [0.4, 0.5) is 14.5 Å². The molecule has 0 saturated carbocycles. The normalized spacial score (nSPS) is 13.4. The number of hydrogen-bond donors (Lipinski definition) is 2. The van der Waals surface area contributed by atoms with Gasteiger partial charge in [0.1, 0.15) is 0 Å². The summed E-state index contributed by atoms with van der Waals surface area (Å²) in [7, 11) is 2.72. The second-order valence-corrected chi connectivity index (χ2v) is 8.90. The highest BCUT2D eigenvalue weighted by Gasteiger charge is 2.26. The Balaban J connectivity index is 1.46. The van der Waals surface area contributed by atoms with Crippen molar-refractivity contribution in [1.29, 1.82) is 0 Å². The van der Waals surface area contributed by atoms with Crippen LogP contribution in [0.1, 0.15) is 21.0 Å². The third-order valence-electron chi connectivity index (χ3n) is 6.29. The molecule has 0 aliphatic carbocycles. The molecule has 0 unspecified atom stereocenters. The number of halogens is 3. The van der Waals surface area contributed by atoms with E-state index in [1.165, 1.54) is 55.3 Å². The maximum atomic E-state index is 14.6. The minimum absolute atomic E-state index is 0.0585. The van der Waals surface area contributed by atoms with E-state index >= 15 is 0 Å². The maximum absolute atomic E-state index is 14.6. The molecule has 1 aromatic heterocycles. The van der Waals surface area contributed by atoms with Gasteiger partial charge >= 0.3 is 0 Å². The first-order valence-corrected chi connectivity index (χ1v) is 12.0. The van der Waals surface area contributed by atoms with Crippen LogP contribution in [-0.2, 0) is 11.8 Å². The Labute approximate surface area is 221 Å². The lowest BCUT2D eigenvalue weighted by Crippen LogP contribution is -2.51. The van der Waals surface area contributed by atoms with Gasteiger partial charge in [-0.15, -0.1) is 0 Å². The van der Waals surface area contributed by atoms with Crippen LogP contribution in [-0.4, -0.2) is 76.9 Å². The Bertz CT molecular complexity index is 1400. The van der Waals surface area contributed by atoms with Gasteiger partial charge in [0.25, 0.3) is 11.8 Å². The molecule has 200 valence electrons. The van der Waals surface area contributed by atoms with Crippen molar-refractivity contribution >= 4 is 35.0 Å². The molecule has 10 nitrogen and oxygen atoms in total. The molecular weight excluding hydrogens is 522 g/mol. The van der Waals surface area contributed by atoms with Crippen molar-refractivity contribution < 1.29 is 27.9 Å². The summed E-state index contributed by atoms with van der Waals surface area (Å²) in [6.45, 7) is 1.38. The molecule has 2 heterocycles. The Morgan fingerprint density at radius 2 is 1.76 bits per heavy atom. The van der Waals surface area contributed by atoms with Crippen LogP contribution in [0.5, 0.6) is 5.75 Å². The van der Waals surface area contributed by atoms with Crippen LogP contribution in [0.25, 0.3) is 11.3 Å². The van der Waals surface area contributed by atoms with Crippen molar-refractivity contribution in [3.8, 4) is 17.0 Å².